The van der Waals surface area contributed by atoms with E-state index in [4.69, 9.17) is 4.42 Å². The highest BCUT2D eigenvalue weighted by Gasteiger charge is 2.11. The Morgan fingerprint density at radius 3 is 2.82 bits per heavy atom. The van der Waals surface area contributed by atoms with Gasteiger partial charge < -0.3 is 9.73 Å². The number of pyridine rings is 1. The van der Waals surface area contributed by atoms with E-state index in [-0.39, 0.29) is 5.91 Å². The van der Waals surface area contributed by atoms with Crippen molar-refractivity contribution in [2.45, 2.75) is 20.4 Å². The molecule has 0 aromatic carbocycles. The summed E-state index contributed by atoms with van der Waals surface area (Å²) >= 11 is 0. The zero-order valence-electron chi connectivity index (χ0n) is 12.4. The van der Waals surface area contributed by atoms with E-state index in [1.165, 1.54) is 6.26 Å². The quantitative estimate of drug-likeness (QED) is 0.802. The number of nitrogens with zero attached hydrogens (tertiary/aromatic N) is 3. The van der Waals surface area contributed by atoms with E-state index in [2.05, 4.69) is 15.3 Å². The third kappa shape index (κ3) is 2.76. The standard InChI is InChI=1S/C16H16N4O2/c1-11-14(4-8-22-11)16(21)19-10-13-3-5-18-15(9-13)20-7-6-17-12(20)2/h3-9H,10H2,1-2H3,(H,19,21). The van der Waals surface area contributed by atoms with Gasteiger partial charge in [-0.3, -0.25) is 9.36 Å². The lowest BCUT2D eigenvalue weighted by Crippen LogP contribution is -2.23. The van der Waals surface area contributed by atoms with E-state index < -0.39 is 0 Å². The highest BCUT2D eigenvalue weighted by molar-refractivity contribution is 5.94. The first-order chi connectivity index (χ1) is 10.6. The van der Waals surface area contributed by atoms with Gasteiger partial charge in [-0.15, -0.1) is 0 Å². The molecular formula is C16H16N4O2. The Labute approximate surface area is 127 Å². The zero-order valence-corrected chi connectivity index (χ0v) is 12.4. The van der Waals surface area contributed by atoms with E-state index in [1.807, 2.05) is 29.8 Å². The van der Waals surface area contributed by atoms with Crippen molar-refractivity contribution in [1.82, 2.24) is 19.9 Å². The van der Waals surface area contributed by atoms with Crippen molar-refractivity contribution in [2.75, 3.05) is 0 Å². The molecule has 3 rings (SSSR count). The minimum Gasteiger partial charge on any atom is -0.469 e. The summed E-state index contributed by atoms with van der Waals surface area (Å²) in [6.45, 7) is 4.10. The van der Waals surface area contributed by atoms with Crippen molar-refractivity contribution >= 4 is 5.91 Å². The Morgan fingerprint density at radius 1 is 1.27 bits per heavy atom. The molecule has 0 unspecified atom stereocenters. The molecule has 0 spiro atoms. The molecule has 6 heteroatoms. The number of carbonyl (C=O) groups excluding carboxylic acids is 1. The van der Waals surface area contributed by atoms with Gasteiger partial charge in [0, 0.05) is 25.1 Å². The fraction of sp³-hybridized carbons (Fsp3) is 0.188. The zero-order chi connectivity index (χ0) is 15.5. The van der Waals surface area contributed by atoms with Crippen LogP contribution in [0.25, 0.3) is 5.82 Å². The molecule has 3 aromatic heterocycles. The maximum Gasteiger partial charge on any atom is 0.255 e. The number of rotatable bonds is 4. The van der Waals surface area contributed by atoms with Crippen molar-refractivity contribution in [3.63, 3.8) is 0 Å². The van der Waals surface area contributed by atoms with Gasteiger partial charge in [0.2, 0.25) is 0 Å². The summed E-state index contributed by atoms with van der Waals surface area (Å²) in [6, 6.07) is 5.47. The monoisotopic (exact) mass is 296 g/mol. The lowest BCUT2D eigenvalue weighted by molar-refractivity contribution is 0.0949. The van der Waals surface area contributed by atoms with Crippen LogP contribution in [0.2, 0.25) is 0 Å². The summed E-state index contributed by atoms with van der Waals surface area (Å²) in [4.78, 5) is 20.6. The molecule has 0 radical (unpaired) electrons. The van der Waals surface area contributed by atoms with Gasteiger partial charge >= 0.3 is 0 Å². The molecule has 0 saturated carbocycles. The first kappa shape index (κ1) is 14.1. The normalized spacial score (nSPS) is 10.6. The summed E-state index contributed by atoms with van der Waals surface area (Å²) in [5.41, 5.74) is 1.52. The molecule has 0 bridgehead atoms. The molecule has 3 aromatic rings. The van der Waals surface area contributed by atoms with E-state index in [0.29, 0.717) is 17.9 Å². The summed E-state index contributed by atoms with van der Waals surface area (Å²) in [5.74, 6) is 2.11. The Morgan fingerprint density at radius 2 is 2.14 bits per heavy atom. The van der Waals surface area contributed by atoms with Crippen molar-refractivity contribution < 1.29 is 9.21 Å². The number of amides is 1. The number of aryl methyl sites for hydroxylation is 2. The molecule has 1 N–H and O–H groups in total. The first-order valence-corrected chi connectivity index (χ1v) is 6.92. The van der Waals surface area contributed by atoms with Crippen LogP contribution in [0.15, 0.2) is 47.5 Å². The fourth-order valence-corrected chi connectivity index (χ4v) is 2.22. The van der Waals surface area contributed by atoms with Crippen molar-refractivity contribution in [3.05, 3.63) is 65.8 Å². The van der Waals surface area contributed by atoms with Crippen molar-refractivity contribution in [1.29, 1.82) is 0 Å². The van der Waals surface area contributed by atoms with Crippen LogP contribution in [-0.2, 0) is 6.54 Å². The predicted octanol–water partition coefficient (Wildman–Crippen LogP) is 2.41. The molecule has 22 heavy (non-hydrogen) atoms. The third-order valence-corrected chi connectivity index (χ3v) is 3.44. The molecule has 6 nitrogen and oxygen atoms in total. The second kappa shape index (κ2) is 5.85. The van der Waals surface area contributed by atoms with Gasteiger partial charge in [0.25, 0.3) is 5.91 Å². The van der Waals surface area contributed by atoms with Gasteiger partial charge in [0.15, 0.2) is 0 Å². The van der Waals surface area contributed by atoms with Crippen LogP contribution < -0.4 is 5.32 Å². The maximum atomic E-state index is 12.1. The Balaban J connectivity index is 1.73. The van der Waals surface area contributed by atoms with Gasteiger partial charge in [-0.1, -0.05) is 0 Å². The SMILES string of the molecule is Cc1occc1C(=O)NCc1ccnc(-n2ccnc2C)c1. The first-order valence-electron chi connectivity index (χ1n) is 6.92. The Kier molecular flexibility index (Phi) is 3.74. The van der Waals surface area contributed by atoms with Gasteiger partial charge in [0.05, 0.1) is 11.8 Å². The average Bonchev–Trinajstić information content (AvgIpc) is 3.13. The summed E-state index contributed by atoms with van der Waals surface area (Å²) in [7, 11) is 0. The lowest BCUT2D eigenvalue weighted by atomic mass is 10.2. The third-order valence-electron chi connectivity index (χ3n) is 3.44. The predicted molar refractivity (Wildman–Crippen MR) is 80.7 cm³/mol. The van der Waals surface area contributed by atoms with Crippen molar-refractivity contribution in [3.8, 4) is 5.82 Å². The molecule has 112 valence electrons. The molecule has 0 fully saturated rings. The molecule has 0 aliphatic rings. The van der Waals surface area contributed by atoms with Crippen molar-refractivity contribution in [2.24, 2.45) is 0 Å². The van der Waals surface area contributed by atoms with Gasteiger partial charge in [0.1, 0.15) is 17.4 Å². The summed E-state index contributed by atoms with van der Waals surface area (Å²) < 4.78 is 7.03. The van der Waals surface area contributed by atoms with E-state index in [9.17, 15) is 4.79 Å². The van der Waals surface area contributed by atoms with Crippen LogP contribution in [0.4, 0.5) is 0 Å². The van der Waals surface area contributed by atoms with E-state index >= 15 is 0 Å². The summed E-state index contributed by atoms with van der Waals surface area (Å²) in [5, 5.41) is 2.88. The van der Waals surface area contributed by atoms with Crippen LogP contribution in [0.5, 0.6) is 0 Å². The van der Waals surface area contributed by atoms with Crippen LogP contribution in [-0.4, -0.2) is 20.4 Å². The lowest BCUT2D eigenvalue weighted by Gasteiger charge is -2.08. The minimum absolute atomic E-state index is 0.150. The average molecular weight is 296 g/mol. The van der Waals surface area contributed by atoms with Crippen LogP contribution in [0.3, 0.4) is 0 Å². The number of aromatic nitrogens is 3. The molecule has 3 heterocycles. The number of furan rings is 1. The number of hydrogen-bond acceptors (Lipinski definition) is 4. The fourth-order valence-electron chi connectivity index (χ4n) is 2.22. The van der Waals surface area contributed by atoms with Gasteiger partial charge in [-0.25, -0.2) is 9.97 Å². The number of nitrogens with one attached hydrogen (secondary N) is 1. The van der Waals surface area contributed by atoms with Crippen LogP contribution in [0.1, 0.15) is 27.5 Å². The highest BCUT2D eigenvalue weighted by atomic mass is 16.3. The molecule has 0 saturated heterocycles. The van der Waals surface area contributed by atoms with Crippen LogP contribution in [0, 0.1) is 13.8 Å². The maximum absolute atomic E-state index is 12.1. The molecule has 0 aliphatic heterocycles. The largest absolute Gasteiger partial charge is 0.469 e. The molecule has 0 atom stereocenters. The number of imidazole rings is 1. The highest BCUT2D eigenvalue weighted by Crippen LogP contribution is 2.11. The van der Waals surface area contributed by atoms with Crippen LogP contribution >= 0.6 is 0 Å². The Hall–Kier alpha value is -2.89. The summed E-state index contributed by atoms with van der Waals surface area (Å²) in [6.07, 6.45) is 6.82. The second-order valence-electron chi connectivity index (χ2n) is 4.94. The second-order valence-corrected chi connectivity index (χ2v) is 4.94. The topological polar surface area (TPSA) is 73.0 Å². The van der Waals surface area contributed by atoms with E-state index in [0.717, 1.165) is 17.2 Å². The smallest absolute Gasteiger partial charge is 0.255 e. The minimum atomic E-state index is -0.150. The van der Waals surface area contributed by atoms with Gasteiger partial charge in [-0.2, -0.15) is 0 Å². The molecule has 1 amide bonds. The molecule has 0 aliphatic carbocycles. The number of carbonyl (C=O) groups is 1. The Bertz CT molecular complexity index is 804. The van der Waals surface area contributed by atoms with Gasteiger partial charge in [-0.05, 0) is 37.6 Å². The van der Waals surface area contributed by atoms with E-state index in [1.54, 1.807) is 25.4 Å². The number of hydrogen-bond donors (Lipinski definition) is 1. The molecular weight excluding hydrogens is 280 g/mol.